The van der Waals surface area contributed by atoms with Gasteiger partial charge in [0, 0.05) is 13.1 Å². The van der Waals surface area contributed by atoms with Crippen LogP contribution in [0.5, 0.6) is 0 Å². The average molecular weight is 300 g/mol. The van der Waals surface area contributed by atoms with Gasteiger partial charge >= 0.3 is 18.0 Å². The van der Waals surface area contributed by atoms with Crippen molar-refractivity contribution in [2.45, 2.75) is 57.5 Å². The molecule has 1 atom stereocenters. The molecule has 1 rings (SSSR count). The molecule has 7 nitrogen and oxygen atoms in total. The third kappa shape index (κ3) is 5.24. The Kier molecular flexibility index (Phi) is 6.45. The molecule has 0 radical (unpaired) electrons. The second-order valence-electron chi connectivity index (χ2n) is 5.63. The number of hydrogen-bond donors (Lipinski definition) is 3. The van der Waals surface area contributed by atoms with Crippen LogP contribution in [0.25, 0.3) is 0 Å². The van der Waals surface area contributed by atoms with Crippen molar-refractivity contribution >= 4 is 18.0 Å². The van der Waals surface area contributed by atoms with E-state index in [1.54, 1.807) is 7.05 Å². The summed E-state index contributed by atoms with van der Waals surface area (Å²) >= 11 is 0. The molecule has 21 heavy (non-hydrogen) atoms. The van der Waals surface area contributed by atoms with Crippen LogP contribution in [0.15, 0.2) is 0 Å². The number of carboxylic acids is 2. The predicted octanol–water partition coefficient (Wildman–Crippen LogP) is 1.52. The zero-order chi connectivity index (χ0) is 16.0. The first-order valence-electron chi connectivity index (χ1n) is 7.33. The zero-order valence-corrected chi connectivity index (χ0v) is 12.5. The molecule has 1 aliphatic rings. The maximum Gasteiger partial charge on any atom is 0.326 e. The van der Waals surface area contributed by atoms with Gasteiger partial charge in [0.05, 0.1) is 6.42 Å². The van der Waals surface area contributed by atoms with E-state index in [0.29, 0.717) is 5.92 Å². The molecule has 3 N–H and O–H groups in total. The summed E-state index contributed by atoms with van der Waals surface area (Å²) in [5, 5.41) is 19.9. The Bertz CT molecular complexity index is 391. The zero-order valence-electron chi connectivity index (χ0n) is 12.5. The summed E-state index contributed by atoms with van der Waals surface area (Å²) in [5.74, 6) is -1.89. The van der Waals surface area contributed by atoms with E-state index in [1.165, 1.54) is 4.90 Å². The van der Waals surface area contributed by atoms with Crippen LogP contribution in [0.3, 0.4) is 0 Å². The first-order chi connectivity index (χ1) is 9.85. The number of carboxylic acid groups (broad SMARTS) is 2. The molecule has 1 unspecified atom stereocenters. The number of rotatable bonds is 6. The number of carbonyl (C=O) groups excluding carboxylic acids is 1. The van der Waals surface area contributed by atoms with Crippen LogP contribution in [-0.2, 0) is 9.59 Å². The lowest BCUT2D eigenvalue weighted by atomic mass is 9.84. The Hall–Kier alpha value is -1.79. The van der Waals surface area contributed by atoms with Gasteiger partial charge in [-0.3, -0.25) is 4.79 Å². The maximum atomic E-state index is 12.0. The number of urea groups is 1. The minimum Gasteiger partial charge on any atom is -0.481 e. The van der Waals surface area contributed by atoms with Crippen LogP contribution in [-0.4, -0.2) is 52.2 Å². The Balaban J connectivity index is 2.53. The van der Waals surface area contributed by atoms with E-state index in [1.807, 2.05) is 0 Å². The summed E-state index contributed by atoms with van der Waals surface area (Å²) < 4.78 is 0. The second-order valence-corrected chi connectivity index (χ2v) is 5.63. The highest BCUT2D eigenvalue weighted by Crippen LogP contribution is 2.28. The van der Waals surface area contributed by atoms with Crippen LogP contribution in [0.1, 0.15) is 45.4 Å². The van der Waals surface area contributed by atoms with Crippen molar-refractivity contribution in [3.63, 3.8) is 0 Å². The molecule has 1 saturated carbocycles. The van der Waals surface area contributed by atoms with Crippen LogP contribution in [0.4, 0.5) is 4.79 Å². The average Bonchev–Trinajstić information content (AvgIpc) is 2.45. The Morgan fingerprint density at radius 3 is 2.19 bits per heavy atom. The highest BCUT2D eigenvalue weighted by Gasteiger charge is 2.29. The normalized spacial score (nSPS) is 23.1. The number of aliphatic carboxylic acids is 2. The van der Waals surface area contributed by atoms with Crippen molar-refractivity contribution in [2.24, 2.45) is 5.92 Å². The van der Waals surface area contributed by atoms with Gasteiger partial charge in [-0.2, -0.15) is 0 Å². The molecule has 0 aliphatic heterocycles. The standard InChI is InChI=1S/C14H24N2O5/c1-3-9-4-6-10(7-5-9)16(2)14(21)15-11(13(19)20)8-12(17)18/h9-11H,3-8H2,1-2H3,(H,15,21)(H,17,18)(H,19,20). The Morgan fingerprint density at radius 1 is 1.19 bits per heavy atom. The van der Waals surface area contributed by atoms with Crippen LogP contribution >= 0.6 is 0 Å². The molecule has 0 bridgehead atoms. The van der Waals surface area contributed by atoms with Crippen molar-refractivity contribution in [3.05, 3.63) is 0 Å². The van der Waals surface area contributed by atoms with Gasteiger partial charge in [0.25, 0.3) is 0 Å². The fourth-order valence-electron chi connectivity index (χ4n) is 2.73. The van der Waals surface area contributed by atoms with E-state index in [4.69, 9.17) is 10.2 Å². The molecule has 120 valence electrons. The number of hydrogen-bond acceptors (Lipinski definition) is 3. The molecule has 0 aromatic carbocycles. The predicted molar refractivity (Wildman–Crippen MR) is 76.0 cm³/mol. The van der Waals surface area contributed by atoms with Crippen LogP contribution in [0, 0.1) is 5.92 Å². The Morgan fingerprint density at radius 2 is 1.76 bits per heavy atom. The lowest BCUT2D eigenvalue weighted by molar-refractivity contribution is -0.145. The largest absolute Gasteiger partial charge is 0.481 e. The van der Waals surface area contributed by atoms with Gasteiger partial charge in [-0.1, -0.05) is 13.3 Å². The van der Waals surface area contributed by atoms with Crippen molar-refractivity contribution in [1.29, 1.82) is 0 Å². The third-order valence-electron chi connectivity index (χ3n) is 4.24. The van der Waals surface area contributed by atoms with E-state index in [-0.39, 0.29) is 6.04 Å². The van der Waals surface area contributed by atoms with E-state index >= 15 is 0 Å². The third-order valence-corrected chi connectivity index (χ3v) is 4.24. The van der Waals surface area contributed by atoms with E-state index in [2.05, 4.69) is 12.2 Å². The smallest absolute Gasteiger partial charge is 0.326 e. The summed E-state index contributed by atoms with van der Waals surface area (Å²) in [7, 11) is 1.63. The van der Waals surface area contributed by atoms with E-state index in [9.17, 15) is 14.4 Å². The molecule has 1 fully saturated rings. The molecule has 0 spiro atoms. The quantitative estimate of drug-likeness (QED) is 0.689. The molecular weight excluding hydrogens is 276 g/mol. The monoisotopic (exact) mass is 300 g/mol. The number of carbonyl (C=O) groups is 3. The fourth-order valence-corrected chi connectivity index (χ4v) is 2.73. The topological polar surface area (TPSA) is 107 Å². The molecule has 0 saturated heterocycles. The van der Waals surface area contributed by atoms with Gasteiger partial charge in [0.1, 0.15) is 6.04 Å². The van der Waals surface area contributed by atoms with Gasteiger partial charge in [0.2, 0.25) is 0 Å². The fraction of sp³-hybridized carbons (Fsp3) is 0.786. The van der Waals surface area contributed by atoms with E-state index < -0.39 is 30.4 Å². The second kappa shape index (κ2) is 7.85. The van der Waals surface area contributed by atoms with Gasteiger partial charge in [0.15, 0.2) is 0 Å². The maximum absolute atomic E-state index is 12.0. The van der Waals surface area contributed by atoms with Crippen LogP contribution in [0.2, 0.25) is 0 Å². The minimum absolute atomic E-state index is 0.0899. The summed E-state index contributed by atoms with van der Waals surface area (Å²) in [6.45, 7) is 2.16. The SMILES string of the molecule is CCC1CCC(N(C)C(=O)NC(CC(=O)O)C(=O)O)CC1. The number of amides is 2. The number of nitrogens with one attached hydrogen (secondary N) is 1. The molecule has 0 aromatic rings. The summed E-state index contributed by atoms with van der Waals surface area (Å²) in [6, 6.07) is -1.83. The summed E-state index contributed by atoms with van der Waals surface area (Å²) in [6.07, 6.45) is 4.45. The molecule has 0 heterocycles. The highest BCUT2D eigenvalue weighted by molar-refractivity contribution is 5.86. The van der Waals surface area contributed by atoms with Crippen LogP contribution < -0.4 is 5.32 Å². The molecule has 0 aromatic heterocycles. The highest BCUT2D eigenvalue weighted by atomic mass is 16.4. The lowest BCUT2D eigenvalue weighted by Gasteiger charge is -2.34. The van der Waals surface area contributed by atoms with Gasteiger partial charge in [-0.05, 0) is 31.6 Å². The first kappa shape index (κ1) is 17.3. The first-order valence-corrected chi connectivity index (χ1v) is 7.33. The summed E-state index contributed by atoms with van der Waals surface area (Å²) in [5.41, 5.74) is 0. The van der Waals surface area contributed by atoms with Crippen molar-refractivity contribution in [3.8, 4) is 0 Å². The molecule has 7 heteroatoms. The van der Waals surface area contributed by atoms with Crippen molar-refractivity contribution in [1.82, 2.24) is 10.2 Å². The lowest BCUT2D eigenvalue weighted by Crippen LogP contribution is -2.51. The minimum atomic E-state index is -1.40. The van der Waals surface area contributed by atoms with Crippen molar-refractivity contribution < 1.29 is 24.6 Å². The number of nitrogens with zero attached hydrogens (tertiary/aromatic N) is 1. The summed E-state index contributed by atoms with van der Waals surface area (Å²) in [4.78, 5) is 35.1. The van der Waals surface area contributed by atoms with Crippen molar-refractivity contribution in [2.75, 3.05) is 7.05 Å². The molecule has 2 amide bonds. The van der Waals surface area contributed by atoms with Gasteiger partial charge in [-0.25, -0.2) is 9.59 Å². The van der Waals surface area contributed by atoms with Gasteiger partial charge in [-0.15, -0.1) is 0 Å². The van der Waals surface area contributed by atoms with E-state index in [0.717, 1.165) is 32.1 Å². The molecule has 1 aliphatic carbocycles. The van der Waals surface area contributed by atoms with Gasteiger partial charge < -0.3 is 20.4 Å². The molecular formula is C14H24N2O5. The Labute approximate surface area is 124 Å².